The molecule has 0 radical (unpaired) electrons. The summed E-state index contributed by atoms with van der Waals surface area (Å²) in [6, 6.07) is 16.6. The Balaban J connectivity index is 1.50. The molecule has 9 nitrogen and oxygen atoms in total. The minimum atomic E-state index is -4.15. The summed E-state index contributed by atoms with van der Waals surface area (Å²) >= 11 is 1.20. The topological polar surface area (TPSA) is 118 Å². The van der Waals surface area contributed by atoms with Gasteiger partial charge in [0.25, 0.3) is 15.9 Å². The van der Waals surface area contributed by atoms with Crippen molar-refractivity contribution in [1.29, 1.82) is 0 Å². The van der Waals surface area contributed by atoms with Gasteiger partial charge in [0.05, 0.1) is 10.6 Å². The molecule has 1 N–H and O–H groups in total. The molecule has 192 valence electrons. The lowest BCUT2D eigenvalue weighted by Crippen LogP contribution is -2.26. The maximum Gasteiger partial charge on any atom is 0.312 e. The first-order valence-corrected chi connectivity index (χ1v) is 13.5. The average Bonchev–Trinajstić information content (AvgIpc) is 3.57. The van der Waals surface area contributed by atoms with Crippen molar-refractivity contribution in [3.63, 3.8) is 0 Å². The fourth-order valence-electron chi connectivity index (χ4n) is 3.49. The number of nitrogens with one attached hydrogen (secondary N) is 1. The summed E-state index contributed by atoms with van der Waals surface area (Å²) in [6.07, 6.45) is 1.65. The third-order valence-corrected chi connectivity index (χ3v) is 8.04. The van der Waals surface area contributed by atoms with Crippen LogP contribution in [0.2, 0.25) is 0 Å². The van der Waals surface area contributed by atoms with E-state index in [2.05, 4.69) is 20.3 Å². The highest BCUT2D eigenvalue weighted by Gasteiger charge is 2.30. The second kappa shape index (κ2) is 10.1. The van der Waals surface area contributed by atoms with Crippen LogP contribution in [-0.2, 0) is 10.0 Å². The Morgan fingerprint density at radius 1 is 1.00 bits per heavy atom. The van der Waals surface area contributed by atoms with E-state index in [4.69, 9.17) is 4.42 Å². The highest BCUT2D eigenvalue weighted by molar-refractivity contribution is 7.92. The van der Waals surface area contributed by atoms with E-state index in [0.717, 1.165) is 34.1 Å². The van der Waals surface area contributed by atoms with Crippen LogP contribution in [0, 0.1) is 12.7 Å². The molecule has 0 atom stereocenters. The van der Waals surface area contributed by atoms with E-state index in [9.17, 15) is 17.6 Å². The molecule has 2 aromatic carbocycles. The second-order valence-corrected chi connectivity index (χ2v) is 11.0. The number of carbonyl (C=O) groups is 1. The normalized spacial score (nSPS) is 11.3. The lowest BCUT2D eigenvalue weighted by molar-refractivity contribution is 0.0998. The number of amides is 1. The summed E-state index contributed by atoms with van der Waals surface area (Å²) in [6.45, 7) is 1.91. The number of benzene rings is 2. The van der Waals surface area contributed by atoms with Gasteiger partial charge in [0.1, 0.15) is 17.2 Å². The molecule has 0 aliphatic carbocycles. The number of aryl methyl sites for hydroxylation is 1. The molecule has 0 aliphatic heterocycles. The Morgan fingerprint density at radius 3 is 2.42 bits per heavy atom. The summed E-state index contributed by atoms with van der Waals surface area (Å²) in [5, 5.41) is 4.76. The maximum absolute atomic E-state index is 13.3. The monoisotopic (exact) mass is 549 g/mol. The molecule has 12 heteroatoms. The average molecular weight is 550 g/mol. The summed E-state index contributed by atoms with van der Waals surface area (Å²) in [7, 11) is -2.91. The van der Waals surface area contributed by atoms with Crippen molar-refractivity contribution in [3.05, 3.63) is 95.4 Å². The fraction of sp³-hybridized carbons (Fsp3) is 0.0769. The van der Waals surface area contributed by atoms with Crippen molar-refractivity contribution in [1.82, 2.24) is 15.0 Å². The van der Waals surface area contributed by atoms with E-state index in [-0.39, 0.29) is 22.4 Å². The van der Waals surface area contributed by atoms with Gasteiger partial charge in [-0.2, -0.15) is 4.98 Å². The van der Waals surface area contributed by atoms with Crippen LogP contribution >= 0.6 is 11.3 Å². The number of pyridine rings is 1. The Bertz CT molecular complexity index is 1700. The second-order valence-electron chi connectivity index (χ2n) is 8.17. The quantitative estimate of drug-likeness (QED) is 0.289. The summed E-state index contributed by atoms with van der Waals surface area (Å²) < 4.78 is 46.1. The third kappa shape index (κ3) is 5.04. The van der Waals surface area contributed by atoms with Crippen LogP contribution in [-0.4, -0.2) is 36.3 Å². The van der Waals surface area contributed by atoms with Crippen molar-refractivity contribution in [2.75, 3.05) is 16.7 Å². The van der Waals surface area contributed by atoms with Gasteiger partial charge in [-0.15, -0.1) is 11.3 Å². The van der Waals surface area contributed by atoms with Gasteiger partial charge < -0.3 is 4.42 Å². The minimum absolute atomic E-state index is 0.153. The lowest BCUT2D eigenvalue weighted by atomic mass is 10.1. The number of hydrogen-bond acceptors (Lipinski definition) is 8. The summed E-state index contributed by atoms with van der Waals surface area (Å²) in [5.41, 5.74) is 2.94. The number of halogens is 1. The SMILES string of the molecule is Cc1ccc(-c2nc(N(C)S(=O)(=O)c3ccc(F)cc3)oc2C(=O)Nc2nc(-c3ccccn3)cs2)cc1. The third-order valence-electron chi connectivity index (χ3n) is 5.54. The highest BCUT2D eigenvalue weighted by atomic mass is 32.2. The highest BCUT2D eigenvalue weighted by Crippen LogP contribution is 2.32. The van der Waals surface area contributed by atoms with Gasteiger partial charge in [0, 0.05) is 24.2 Å². The van der Waals surface area contributed by atoms with Gasteiger partial charge >= 0.3 is 6.01 Å². The Hall–Kier alpha value is -4.42. The zero-order chi connectivity index (χ0) is 26.9. The number of carbonyl (C=O) groups excluding carboxylic acids is 1. The Labute approximate surface area is 221 Å². The van der Waals surface area contributed by atoms with E-state index in [1.54, 1.807) is 35.8 Å². The molecule has 38 heavy (non-hydrogen) atoms. The molecule has 0 spiro atoms. The van der Waals surface area contributed by atoms with Gasteiger partial charge in [-0.3, -0.25) is 15.1 Å². The van der Waals surface area contributed by atoms with Gasteiger partial charge in [0.2, 0.25) is 5.76 Å². The molecule has 0 saturated heterocycles. The number of oxazole rings is 1. The van der Waals surface area contributed by atoms with Crippen LogP contribution in [0.3, 0.4) is 0 Å². The minimum Gasteiger partial charge on any atom is -0.417 e. The van der Waals surface area contributed by atoms with Crippen molar-refractivity contribution in [2.24, 2.45) is 0 Å². The predicted octanol–water partition coefficient (Wildman–Crippen LogP) is 5.39. The van der Waals surface area contributed by atoms with Gasteiger partial charge in [-0.1, -0.05) is 35.9 Å². The smallest absolute Gasteiger partial charge is 0.312 e. The van der Waals surface area contributed by atoms with Crippen LogP contribution < -0.4 is 9.62 Å². The van der Waals surface area contributed by atoms with E-state index in [1.807, 2.05) is 25.1 Å². The van der Waals surface area contributed by atoms with E-state index in [1.165, 1.54) is 18.4 Å². The maximum atomic E-state index is 13.3. The molecule has 0 bridgehead atoms. The van der Waals surface area contributed by atoms with Gasteiger partial charge in [-0.05, 0) is 43.3 Å². The number of aromatic nitrogens is 3. The molecular weight excluding hydrogens is 529 g/mol. The molecule has 5 rings (SSSR count). The number of hydrogen-bond donors (Lipinski definition) is 1. The van der Waals surface area contributed by atoms with Crippen LogP contribution in [0.15, 0.2) is 87.6 Å². The largest absolute Gasteiger partial charge is 0.417 e. The molecule has 0 fully saturated rings. The predicted molar refractivity (Wildman–Crippen MR) is 142 cm³/mol. The zero-order valence-corrected chi connectivity index (χ0v) is 21.8. The van der Waals surface area contributed by atoms with Crippen LogP contribution in [0.1, 0.15) is 16.1 Å². The summed E-state index contributed by atoms with van der Waals surface area (Å²) in [4.78, 5) is 26.2. The number of thiazole rings is 1. The van der Waals surface area contributed by atoms with Crippen molar-refractivity contribution in [3.8, 4) is 22.6 Å². The van der Waals surface area contributed by atoms with Crippen LogP contribution in [0.5, 0.6) is 0 Å². The van der Waals surface area contributed by atoms with Gasteiger partial charge in [0.15, 0.2) is 5.13 Å². The zero-order valence-electron chi connectivity index (χ0n) is 20.1. The molecular formula is C26H20FN5O4S2. The Morgan fingerprint density at radius 2 is 1.74 bits per heavy atom. The first-order chi connectivity index (χ1) is 18.2. The molecule has 3 heterocycles. The van der Waals surface area contributed by atoms with E-state index in [0.29, 0.717) is 22.1 Å². The van der Waals surface area contributed by atoms with E-state index >= 15 is 0 Å². The molecule has 0 unspecified atom stereocenters. The van der Waals surface area contributed by atoms with Crippen molar-refractivity contribution >= 4 is 38.4 Å². The van der Waals surface area contributed by atoms with E-state index < -0.39 is 21.7 Å². The molecule has 1 amide bonds. The number of nitrogens with zero attached hydrogens (tertiary/aromatic N) is 4. The molecule has 3 aromatic heterocycles. The fourth-order valence-corrected chi connectivity index (χ4v) is 5.27. The van der Waals surface area contributed by atoms with Crippen LogP contribution in [0.4, 0.5) is 15.5 Å². The summed E-state index contributed by atoms with van der Waals surface area (Å²) in [5.74, 6) is -1.43. The van der Waals surface area contributed by atoms with Gasteiger partial charge in [-0.25, -0.2) is 22.1 Å². The van der Waals surface area contributed by atoms with Crippen molar-refractivity contribution < 1.29 is 22.0 Å². The first-order valence-electron chi connectivity index (χ1n) is 11.2. The number of anilines is 2. The number of sulfonamides is 1. The Kier molecular flexibility index (Phi) is 6.74. The molecule has 5 aromatic rings. The van der Waals surface area contributed by atoms with Crippen molar-refractivity contribution in [2.45, 2.75) is 11.8 Å². The first kappa shape index (κ1) is 25.2. The molecule has 0 saturated carbocycles. The number of rotatable bonds is 7. The molecule has 0 aliphatic rings. The van der Waals surface area contributed by atoms with Crippen LogP contribution in [0.25, 0.3) is 22.6 Å². The lowest BCUT2D eigenvalue weighted by Gasteiger charge is -2.15. The standard InChI is InChI=1S/C26H20FN5O4S2/c1-16-6-8-17(9-7-16)22-23(24(33)31-25-29-21(15-37-25)20-5-3-4-14-28-20)36-26(30-22)32(2)38(34,35)19-12-10-18(27)11-13-19/h3-15H,1-2H3,(H,29,31,33).